The van der Waals surface area contributed by atoms with Crippen molar-refractivity contribution in [3.63, 3.8) is 0 Å². The number of para-hydroxylation sites is 1. The van der Waals surface area contributed by atoms with Crippen molar-refractivity contribution in [2.45, 2.75) is 19.3 Å². The summed E-state index contributed by atoms with van der Waals surface area (Å²) in [7, 11) is 0. The molecule has 0 N–H and O–H groups in total. The van der Waals surface area contributed by atoms with E-state index in [0.29, 0.717) is 0 Å². The molecule has 0 saturated heterocycles. The molecule has 0 bridgehead atoms. The molecule has 1 heterocycles. The van der Waals surface area contributed by atoms with Gasteiger partial charge in [-0.2, -0.15) is 0 Å². The van der Waals surface area contributed by atoms with Crippen molar-refractivity contribution in [3.8, 4) is 33.4 Å². The number of furan rings is 1. The lowest BCUT2D eigenvalue weighted by molar-refractivity contribution is 0.660. The van der Waals surface area contributed by atoms with Crippen molar-refractivity contribution in [2.75, 3.05) is 4.90 Å². The van der Waals surface area contributed by atoms with E-state index in [1.807, 2.05) is 12.1 Å². The van der Waals surface area contributed by atoms with Gasteiger partial charge >= 0.3 is 0 Å². The van der Waals surface area contributed by atoms with E-state index in [1.54, 1.807) is 0 Å². The fourth-order valence-electron chi connectivity index (χ4n) is 8.99. The van der Waals surface area contributed by atoms with Gasteiger partial charge in [0.15, 0.2) is 0 Å². The molecule has 260 valence electrons. The highest BCUT2D eigenvalue weighted by Gasteiger charge is 2.35. The van der Waals surface area contributed by atoms with Gasteiger partial charge in [-0.25, -0.2) is 0 Å². The number of hydrogen-bond donors (Lipinski definition) is 0. The van der Waals surface area contributed by atoms with Crippen molar-refractivity contribution in [3.05, 3.63) is 199 Å². The number of benzene rings is 9. The van der Waals surface area contributed by atoms with E-state index in [2.05, 4.69) is 195 Å². The second-order valence-corrected chi connectivity index (χ2v) is 15.4. The number of anilines is 3. The molecule has 55 heavy (non-hydrogen) atoms. The summed E-state index contributed by atoms with van der Waals surface area (Å²) < 4.78 is 6.18. The lowest BCUT2D eigenvalue weighted by Crippen LogP contribution is -2.16. The fraction of sp³-hybridized carbons (Fsp3) is 0.0566. The highest BCUT2D eigenvalue weighted by Crippen LogP contribution is 2.50. The predicted octanol–water partition coefficient (Wildman–Crippen LogP) is 15.0. The molecule has 1 aliphatic rings. The predicted molar refractivity (Wildman–Crippen MR) is 232 cm³/mol. The Kier molecular flexibility index (Phi) is 6.93. The van der Waals surface area contributed by atoms with E-state index in [1.165, 1.54) is 71.4 Å². The van der Waals surface area contributed by atoms with Crippen LogP contribution in [0.25, 0.3) is 76.9 Å². The number of rotatable bonds is 5. The molecule has 0 atom stereocenters. The monoisotopic (exact) mass is 703 g/mol. The van der Waals surface area contributed by atoms with Gasteiger partial charge in [0.2, 0.25) is 0 Å². The molecule has 0 radical (unpaired) electrons. The van der Waals surface area contributed by atoms with Crippen LogP contribution >= 0.6 is 0 Å². The van der Waals surface area contributed by atoms with Crippen LogP contribution in [0.15, 0.2) is 192 Å². The zero-order valence-corrected chi connectivity index (χ0v) is 30.8. The van der Waals surface area contributed by atoms with Crippen LogP contribution in [0, 0.1) is 0 Å². The number of nitrogens with zero attached hydrogens (tertiary/aromatic N) is 1. The molecule has 2 heteroatoms. The molecule has 0 amide bonds. The summed E-state index contributed by atoms with van der Waals surface area (Å²) in [4.78, 5) is 2.40. The zero-order valence-electron chi connectivity index (χ0n) is 30.8. The Morgan fingerprint density at radius 1 is 0.382 bits per heavy atom. The highest BCUT2D eigenvalue weighted by atomic mass is 16.3. The van der Waals surface area contributed by atoms with Gasteiger partial charge in [-0.15, -0.1) is 0 Å². The SMILES string of the molecule is CC1(C)c2ccccc2-c2ccc(N(c3ccc(-c4ccc5ccccc5c4)cc3)c3ccc(-c4ccc5c(ccc6oc7ccccc7c65)c4)cc3)cc21. The van der Waals surface area contributed by atoms with Gasteiger partial charge in [-0.1, -0.05) is 141 Å². The topological polar surface area (TPSA) is 16.4 Å². The normalized spacial score (nSPS) is 13.1. The smallest absolute Gasteiger partial charge is 0.136 e. The van der Waals surface area contributed by atoms with E-state index < -0.39 is 0 Å². The van der Waals surface area contributed by atoms with Gasteiger partial charge in [0, 0.05) is 33.2 Å². The second kappa shape index (κ2) is 12.1. The first-order valence-corrected chi connectivity index (χ1v) is 19.1. The minimum Gasteiger partial charge on any atom is -0.456 e. The lowest BCUT2D eigenvalue weighted by atomic mass is 9.82. The summed E-state index contributed by atoms with van der Waals surface area (Å²) >= 11 is 0. The van der Waals surface area contributed by atoms with Crippen LogP contribution in [-0.4, -0.2) is 0 Å². The molecule has 0 fully saturated rings. The Morgan fingerprint density at radius 3 is 1.75 bits per heavy atom. The van der Waals surface area contributed by atoms with Gasteiger partial charge in [0.25, 0.3) is 0 Å². The van der Waals surface area contributed by atoms with Crippen molar-refractivity contribution < 1.29 is 4.42 Å². The molecule has 10 aromatic rings. The van der Waals surface area contributed by atoms with Crippen LogP contribution in [0.2, 0.25) is 0 Å². The Morgan fingerprint density at radius 2 is 0.964 bits per heavy atom. The van der Waals surface area contributed by atoms with Gasteiger partial charge in [0.1, 0.15) is 11.2 Å². The van der Waals surface area contributed by atoms with Crippen LogP contribution in [-0.2, 0) is 5.41 Å². The molecule has 11 rings (SSSR count). The highest BCUT2D eigenvalue weighted by molar-refractivity contribution is 6.19. The minimum absolute atomic E-state index is 0.0954. The van der Waals surface area contributed by atoms with Gasteiger partial charge in [-0.3, -0.25) is 0 Å². The molecular formula is C53H37NO. The van der Waals surface area contributed by atoms with Gasteiger partial charge in [0.05, 0.1) is 0 Å². The van der Waals surface area contributed by atoms with Crippen LogP contribution in [0.5, 0.6) is 0 Å². The molecule has 1 aromatic heterocycles. The maximum absolute atomic E-state index is 6.18. The zero-order chi connectivity index (χ0) is 36.7. The standard InChI is InChI=1S/C53H37NO/c1-53(2)48-13-7-5-11-45(48)46-29-27-43(33-49(46)53)54(41-23-17-35(18-24-41)38-16-15-34-9-3-4-10-37(34)31-38)42-25-19-36(20-26-42)39-21-28-44-40(32-39)22-30-51-52(44)47-12-6-8-14-50(47)55-51/h3-33H,1-2H3. The maximum atomic E-state index is 6.18. The Labute approximate surface area is 320 Å². The second-order valence-electron chi connectivity index (χ2n) is 15.4. The summed E-state index contributed by atoms with van der Waals surface area (Å²) in [5.41, 5.74) is 15.3. The summed E-state index contributed by atoms with van der Waals surface area (Å²) in [6, 6.07) is 68.6. The van der Waals surface area contributed by atoms with Crippen molar-refractivity contribution in [1.29, 1.82) is 0 Å². The molecule has 1 aliphatic carbocycles. The van der Waals surface area contributed by atoms with Gasteiger partial charge in [-0.05, 0) is 127 Å². The quantitative estimate of drug-likeness (QED) is 0.177. The molecular weight excluding hydrogens is 667 g/mol. The minimum atomic E-state index is -0.0954. The summed E-state index contributed by atoms with van der Waals surface area (Å²) in [5, 5.41) is 7.26. The van der Waals surface area contributed by atoms with E-state index in [-0.39, 0.29) is 5.41 Å². The maximum Gasteiger partial charge on any atom is 0.136 e. The number of fused-ring (bicyclic) bond motifs is 9. The summed E-state index contributed by atoms with van der Waals surface area (Å²) in [6.07, 6.45) is 0. The van der Waals surface area contributed by atoms with E-state index in [9.17, 15) is 0 Å². The van der Waals surface area contributed by atoms with Gasteiger partial charge < -0.3 is 9.32 Å². The number of hydrogen-bond acceptors (Lipinski definition) is 2. The van der Waals surface area contributed by atoms with Crippen molar-refractivity contribution >= 4 is 60.5 Å². The molecule has 0 unspecified atom stereocenters. The average Bonchev–Trinajstić information content (AvgIpc) is 3.73. The van der Waals surface area contributed by atoms with Crippen LogP contribution in [0.1, 0.15) is 25.0 Å². The Balaban J connectivity index is 0.996. The Bertz CT molecular complexity index is 3110. The first-order valence-electron chi connectivity index (χ1n) is 19.1. The van der Waals surface area contributed by atoms with Crippen molar-refractivity contribution in [1.82, 2.24) is 0 Å². The molecule has 9 aromatic carbocycles. The third-order valence-electron chi connectivity index (χ3n) is 11.9. The van der Waals surface area contributed by atoms with Crippen molar-refractivity contribution in [2.24, 2.45) is 0 Å². The van der Waals surface area contributed by atoms with E-state index in [0.717, 1.165) is 33.6 Å². The van der Waals surface area contributed by atoms with Crippen LogP contribution in [0.4, 0.5) is 17.1 Å². The molecule has 0 saturated carbocycles. The van der Waals surface area contributed by atoms with Crippen LogP contribution in [0.3, 0.4) is 0 Å². The lowest BCUT2D eigenvalue weighted by Gasteiger charge is -2.28. The first-order chi connectivity index (χ1) is 27.0. The third-order valence-corrected chi connectivity index (χ3v) is 11.9. The Hall–Kier alpha value is -6.90. The van der Waals surface area contributed by atoms with Crippen LogP contribution < -0.4 is 4.90 Å². The average molecular weight is 704 g/mol. The van der Waals surface area contributed by atoms with E-state index in [4.69, 9.17) is 4.42 Å². The van der Waals surface area contributed by atoms with E-state index >= 15 is 0 Å². The third kappa shape index (κ3) is 5.02. The summed E-state index contributed by atoms with van der Waals surface area (Å²) in [5.74, 6) is 0. The molecule has 0 aliphatic heterocycles. The first kappa shape index (κ1) is 31.6. The largest absolute Gasteiger partial charge is 0.456 e. The fourth-order valence-corrected chi connectivity index (χ4v) is 8.99. The molecule has 2 nitrogen and oxygen atoms in total. The summed E-state index contributed by atoms with van der Waals surface area (Å²) in [6.45, 7) is 4.70. The molecule has 0 spiro atoms.